The quantitative estimate of drug-likeness (QED) is 0.580. The Morgan fingerprint density at radius 3 is 2.11 bits per heavy atom. The Labute approximate surface area is 113 Å². The monoisotopic (exact) mass is 294 g/mol. The van der Waals surface area contributed by atoms with E-state index in [2.05, 4.69) is 10.0 Å². The summed E-state index contributed by atoms with van der Waals surface area (Å²) in [4.78, 5) is 22.7. The van der Waals surface area contributed by atoms with Crippen LogP contribution in [-0.4, -0.2) is 43.2 Å². The second kappa shape index (κ2) is 7.44. The topological polar surface area (TPSA) is 113 Å². The summed E-state index contributed by atoms with van der Waals surface area (Å²) >= 11 is 0. The van der Waals surface area contributed by atoms with Crippen LogP contribution >= 0.6 is 0 Å². The molecule has 3 N–H and O–H groups in total. The van der Waals surface area contributed by atoms with Gasteiger partial charge in [-0.15, -0.1) is 0 Å². The molecule has 0 rings (SSSR count). The number of hydrogen-bond donors (Lipinski definition) is 3. The maximum atomic E-state index is 11.7. The van der Waals surface area contributed by atoms with Crippen LogP contribution in [0.4, 0.5) is 0 Å². The van der Waals surface area contributed by atoms with Crippen molar-refractivity contribution in [3.63, 3.8) is 0 Å². The van der Waals surface area contributed by atoms with Crippen LogP contribution in [0.15, 0.2) is 0 Å². The molecular formula is C11H22N2O5S. The Kier molecular flexibility index (Phi) is 6.99. The molecule has 1 amide bonds. The van der Waals surface area contributed by atoms with Crippen LogP contribution in [0.3, 0.4) is 0 Å². The molecule has 0 fully saturated rings. The number of rotatable bonds is 8. The zero-order chi connectivity index (χ0) is 15.2. The van der Waals surface area contributed by atoms with Crippen molar-refractivity contribution < 1.29 is 23.1 Å². The Balaban J connectivity index is 4.62. The molecule has 2 atom stereocenters. The maximum absolute atomic E-state index is 11.7. The average Bonchev–Trinajstić information content (AvgIpc) is 2.23. The summed E-state index contributed by atoms with van der Waals surface area (Å²) in [5.74, 6) is -2.16. The molecule has 0 heterocycles. The van der Waals surface area contributed by atoms with Crippen LogP contribution in [-0.2, 0) is 19.6 Å². The first-order valence-corrected chi connectivity index (χ1v) is 7.79. The molecule has 0 saturated heterocycles. The fourth-order valence-corrected chi connectivity index (χ4v) is 2.74. The van der Waals surface area contributed by atoms with E-state index in [4.69, 9.17) is 5.11 Å². The van der Waals surface area contributed by atoms with Gasteiger partial charge in [0.1, 0.15) is 6.04 Å². The summed E-state index contributed by atoms with van der Waals surface area (Å²) in [6.45, 7) is 6.40. The van der Waals surface area contributed by atoms with Crippen LogP contribution in [0.1, 0.15) is 34.1 Å². The van der Waals surface area contributed by atoms with Crippen molar-refractivity contribution in [1.82, 2.24) is 10.0 Å². The molecule has 0 aliphatic rings. The van der Waals surface area contributed by atoms with Gasteiger partial charge in [0.15, 0.2) is 0 Å². The Morgan fingerprint density at radius 1 is 1.21 bits per heavy atom. The van der Waals surface area contributed by atoms with Gasteiger partial charge in [-0.2, -0.15) is 0 Å². The maximum Gasteiger partial charge on any atom is 0.326 e. The summed E-state index contributed by atoms with van der Waals surface area (Å²) in [5, 5.41) is 11.3. The Bertz CT molecular complexity index is 419. The molecule has 0 aliphatic carbocycles. The highest BCUT2D eigenvalue weighted by molar-refractivity contribution is 7.89. The number of aliphatic carboxylic acids is 1. The standard InChI is InChI=1S/C11H22N2O5S/c1-5-6-19(17,18)13-8(4)10(14)12-9(7(2)3)11(15)16/h7-9,13H,5-6H2,1-4H3,(H,12,14)(H,15,16). The summed E-state index contributed by atoms with van der Waals surface area (Å²) < 4.78 is 25.2. The van der Waals surface area contributed by atoms with E-state index in [1.807, 2.05) is 0 Å². The zero-order valence-corrected chi connectivity index (χ0v) is 12.5. The predicted molar refractivity (Wildman–Crippen MR) is 71.1 cm³/mol. The SMILES string of the molecule is CCCS(=O)(=O)NC(C)C(=O)NC(C(=O)O)C(C)C. The molecule has 0 aliphatic heterocycles. The molecule has 0 aromatic rings. The number of amides is 1. The third-order valence-electron chi connectivity index (χ3n) is 2.45. The number of nitrogens with one attached hydrogen (secondary N) is 2. The molecule has 0 saturated carbocycles. The number of carbonyl (C=O) groups is 2. The number of carboxylic acids is 1. The smallest absolute Gasteiger partial charge is 0.326 e. The summed E-state index contributed by atoms with van der Waals surface area (Å²) in [5.41, 5.74) is 0. The second-order valence-electron chi connectivity index (χ2n) is 4.73. The van der Waals surface area contributed by atoms with E-state index in [9.17, 15) is 18.0 Å². The van der Waals surface area contributed by atoms with Crippen molar-refractivity contribution in [2.45, 2.75) is 46.2 Å². The molecule has 0 spiro atoms. The first-order chi connectivity index (χ1) is 8.60. The minimum Gasteiger partial charge on any atom is -0.480 e. The van der Waals surface area contributed by atoms with Crippen LogP contribution < -0.4 is 10.0 Å². The molecule has 19 heavy (non-hydrogen) atoms. The highest BCUT2D eigenvalue weighted by Gasteiger charge is 2.27. The molecule has 0 aromatic heterocycles. The molecular weight excluding hydrogens is 272 g/mol. The van der Waals surface area contributed by atoms with E-state index in [-0.39, 0.29) is 11.7 Å². The third kappa shape index (κ3) is 6.53. The van der Waals surface area contributed by atoms with Crippen molar-refractivity contribution >= 4 is 21.9 Å². The van der Waals surface area contributed by atoms with Crippen molar-refractivity contribution in [3.8, 4) is 0 Å². The summed E-state index contributed by atoms with van der Waals surface area (Å²) in [7, 11) is -3.51. The summed E-state index contributed by atoms with van der Waals surface area (Å²) in [6, 6.07) is -2.04. The van der Waals surface area contributed by atoms with Crippen LogP contribution in [0, 0.1) is 5.92 Å². The Hall–Kier alpha value is -1.15. The van der Waals surface area contributed by atoms with E-state index < -0.39 is 34.0 Å². The number of carbonyl (C=O) groups excluding carboxylic acids is 1. The van der Waals surface area contributed by atoms with E-state index in [0.717, 1.165) is 0 Å². The fourth-order valence-electron chi connectivity index (χ4n) is 1.44. The molecule has 8 heteroatoms. The average molecular weight is 294 g/mol. The first-order valence-electron chi connectivity index (χ1n) is 6.14. The number of sulfonamides is 1. The van der Waals surface area contributed by atoms with Gasteiger partial charge in [0.25, 0.3) is 0 Å². The van der Waals surface area contributed by atoms with Gasteiger partial charge in [-0.05, 0) is 19.3 Å². The van der Waals surface area contributed by atoms with Gasteiger partial charge in [0, 0.05) is 0 Å². The molecule has 0 bridgehead atoms. The lowest BCUT2D eigenvalue weighted by atomic mass is 10.0. The highest BCUT2D eigenvalue weighted by atomic mass is 32.2. The third-order valence-corrected chi connectivity index (χ3v) is 4.11. The minimum atomic E-state index is -3.51. The van der Waals surface area contributed by atoms with Gasteiger partial charge in [-0.1, -0.05) is 20.8 Å². The van der Waals surface area contributed by atoms with Crippen molar-refractivity contribution in [3.05, 3.63) is 0 Å². The lowest BCUT2D eigenvalue weighted by molar-refractivity contribution is -0.143. The van der Waals surface area contributed by atoms with E-state index in [0.29, 0.717) is 6.42 Å². The largest absolute Gasteiger partial charge is 0.480 e. The minimum absolute atomic E-state index is 0.0723. The van der Waals surface area contributed by atoms with Crippen molar-refractivity contribution in [2.75, 3.05) is 5.75 Å². The predicted octanol–water partition coefficient (Wildman–Crippen LogP) is -0.0703. The molecule has 0 radical (unpaired) electrons. The van der Waals surface area contributed by atoms with Crippen molar-refractivity contribution in [2.24, 2.45) is 5.92 Å². The molecule has 112 valence electrons. The van der Waals surface area contributed by atoms with Gasteiger partial charge >= 0.3 is 5.97 Å². The van der Waals surface area contributed by atoms with Crippen LogP contribution in [0.5, 0.6) is 0 Å². The van der Waals surface area contributed by atoms with Gasteiger partial charge < -0.3 is 10.4 Å². The summed E-state index contributed by atoms with van der Waals surface area (Å²) in [6.07, 6.45) is 0.438. The fraction of sp³-hybridized carbons (Fsp3) is 0.818. The lowest BCUT2D eigenvalue weighted by Crippen LogP contribution is -2.52. The number of carboxylic acid groups (broad SMARTS) is 1. The van der Waals surface area contributed by atoms with Gasteiger partial charge in [0.2, 0.25) is 15.9 Å². The lowest BCUT2D eigenvalue weighted by Gasteiger charge is -2.21. The van der Waals surface area contributed by atoms with Gasteiger partial charge in [-0.3, -0.25) is 4.79 Å². The number of hydrogen-bond acceptors (Lipinski definition) is 4. The first kappa shape index (κ1) is 17.8. The molecule has 2 unspecified atom stereocenters. The van der Waals surface area contributed by atoms with Gasteiger partial charge in [0.05, 0.1) is 11.8 Å². The van der Waals surface area contributed by atoms with E-state index >= 15 is 0 Å². The zero-order valence-electron chi connectivity index (χ0n) is 11.6. The van der Waals surface area contributed by atoms with Crippen LogP contribution in [0.25, 0.3) is 0 Å². The van der Waals surface area contributed by atoms with E-state index in [1.165, 1.54) is 6.92 Å². The van der Waals surface area contributed by atoms with E-state index in [1.54, 1.807) is 20.8 Å². The van der Waals surface area contributed by atoms with Crippen molar-refractivity contribution in [1.29, 1.82) is 0 Å². The normalized spacial score (nSPS) is 15.0. The Morgan fingerprint density at radius 2 is 1.74 bits per heavy atom. The second-order valence-corrected chi connectivity index (χ2v) is 6.60. The van der Waals surface area contributed by atoms with Crippen LogP contribution in [0.2, 0.25) is 0 Å². The highest BCUT2D eigenvalue weighted by Crippen LogP contribution is 2.02. The van der Waals surface area contributed by atoms with Gasteiger partial charge in [-0.25, -0.2) is 17.9 Å². The molecule has 7 nitrogen and oxygen atoms in total. The molecule has 0 aromatic carbocycles.